The van der Waals surface area contributed by atoms with Crippen molar-refractivity contribution in [2.24, 2.45) is 11.8 Å². The van der Waals surface area contributed by atoms with E-state index in [0.29, 0.717) is 0 Å². The molecule has 138 valence electrons. The van der Waals surface area contributed by atoms with Crippen LogP contribution in [0.1, 0.15) is 32.8 Å². The predicted octanol–water partition coefficient (Wildman–Crippen LogP) is 2.48. The van der Waals surface area contributed by atoms with Crippen molar-refractivity contribution in [1.29, 1.82) is 0 Å². The van der Waals surface area contributed by atoms with Crippen LogP contribution in [0.5, 0.6) is 0 Å². The molecule has 0 aromatic heterocycles. The molecule has 0 heterocycles. The molecule has 1 fully saturated rings. The molecule has 1 saturated carbocycles. The second kappa shape index (κ2) is 8.34. The number of methoxy groups -OCH3 is 1. The van der Waals surface area contributed by atoms with Gasteiger partial charge in [0.1, 0.15) is 5.60 Å². The van der Waals surface area contributed by atoms with Crippen molar-refractivity contribution in [3.05, 3.63) is 35.9 Å². The zero-order valence-electron chi connectivity index (χ0n) is 15.4. The zero-order valence-corrected chi connectivity index (χ0v) is 15.4. The molecule has 25 heavy (non-hydrogen) atoms. The summed E-state index contributed by atoms with van der Waals surface area (Å²) < 4.78 is 10.1. The number of nitrogens with one attached hydrogen (secondary N) is 2. The molecule has 1 amide bonds. The SMILES string of the molecule is COC(=O)[C@@H]1[C@@H](CCNCc2ccccc2)[C@H]1NC(=O)OC(C)(C)C. The molecule has 6 heteroatoms. The summed E-state index contributed by atoms with van der Waals surface area (Å²) in [6.07, 6.45) is 0.290. The highest BCUT2D eigenvalue weighted by molar-refractivity contribution is 5.79. The summed E-state index contributed by atoms with van der Waals surface area (Å²) in [5.41, 5.74) is 0.651. The fraction of sp³-hybridized carbons (Fsp3) is 0.579. The second-order valence-corrected chi connectivity index (χ2v) is 7.34. The molecule has 0 radical (unpaired) electrons. The Morgan fingerprint density at radius 3 is 2.44 bits per heavy atom. The van der Waals surface area contributed by atoms with Gasteiger partial charge >= 0.3 is 12.1 Å². The third-order valence-corrected chi connectivity index (χ3v) is 4.15. The number of benzene rings is 1. The molecule has 6 nitrogen and oxygen atoms in total. The van der Waals surface area contributed by atoms with Crippen LogP contribution >= 0.6 is 0 Å². The Balaban J connectivity index is 1.78. The monoisotopic (exact) mass is 348 g/mol. The van der Waals surface area contributed by atoms with Gasteiger partial charge in [0.15, 0.2) is 0 Å². The molecular formula is C19H28N2O4. The quantitative estimate of drug-likeness (QED) is 0.585. The normalized spacial score (nSPS) is 22.2. The van der Waals surface area contributed by atoms with Crippen LogP contribution in [0.25, 0.3) is 0 Å². The molecule has 3 atom stereocenters. The Bertz CT molecular complexity index is 583. The summed E-state index contributed by atoms with van der Waals surface area (Å²) in [5, 5.41) is 6.16. The first-order valence-electron chi connectivity index (χ1n) is 8.64. The molecule has 1 aliphatic rings. The Hall–Kier alpha value is -2.08. The van der Waals surface area contributed by atoms with Crippen LogP contribution in [0.3, 0.4) is 0 Å². The maximum absolute atomic E-state index is 11.9. The first kappa shape index (κ1) is 19.2. The lowest BCUT2D eigenvalue weighted by atomic mass is 10.2. The number of hydrogen-bond donors (Lipinski definition) is 2. The van der Waals surface area contributed by atoms with E-state index in [0.717, 1.165) is 19.5 Å². The van der Waals surface area contributed by atoms with Crippen LogP contribution < -0.4 is 10.6 Å². The number of carbonyl (C=O) groups excluding carboxylic acids is 2. The highest BCUT2D eigenvalue weighted by Gasteiger charge is 2.56. The average molecular weight is 348 g/mol. The van der Waals surface area contributed by atoms with Gasteiger partial charge in [-0.25, -0.2) is 4.79 Å². The first-order valence-corrected chi connectivity index (χ1v) is 8.64. The number of esters is 1. The van der Waals surface area contributed by atoms with E-state index >= 15 is 0 Å². The topological polar surface area (TPSA) is 76.7 Å². The van der Waals surface area contributed by atoms with Gasteiger partial charge in [-0.2, -0.15) is 0 Å². The Morgan fingerprint density at radius 2 is 1.84 bits per heavy atom. The minimum atomic E-state index is -0.563. The van der Waals surface area contributed by atoms with Crippen LogP contribution in [-0.2, 0) is 20.8 Å². The summed E-state index contributed by atoms with van der Waals surface area (Å²) >= 11 is 0. The van der Waals surface area contributed by atoms with E-state index < -0.39 is 11.7 Å². The summed E-state index contributed by atoms with van der Waals surface area (Å²) in [6, 6.07) is 9.91. The maximum atomic E-state index is 11.9. The van der Waals surface area contributed by atoms with Crippen LogP contribution in [0, 0.1) is 11.8 Å². The van der Waals surface area contributed by atoms with Crippen molar-refractivity contribution < 1.29 is 19.1 Å². The van der Waals surface area contributed by atoms with Gasteiger partial charge in [-0.05, 0) is 45.2 Å². The number of hydrogen-bond acceptors (Lipinski definition) is 5. The highest BCUT2D eigenvalue weighted by Crippen LogP contribution is 2.42. The lowest BCUT2D eigenvalue weighted by Crippen LogP contribution is -2.35. The highest BCUT2D eigenvalue weighted by atomic mass is 16.6. The van der Waals surface area contributed by atoms with Crippen molar-refractivity contribution in [1.82, 2.24) is 10.6 Å². The van der Waals surface area contributed by atoms with E-state index in [2.05, 4.69) is 22.8 Å². The number of alkyl carbamates (subject to hydrolysis) is 1. The number of amides is 1. The van der Waals surface area contributed by atoms with Crippen molar-refractivity contribution in [3.63, 3.8) is 0 Å². The molecule has 2 rings (SSSR count). The van der Waals surface area contributed by atoms with Crippen LogP contribution in [0.4, 0.5) is 4.79 Å². The molecule has 0 saturated heterocycles. The van der Waals surface area contributed by atoms with E-state index in [4.69, 9.17) is 9.47 Å². The number of ether oxygens (including phenoxy) is 2. The molecule has 2 N–H and O–H groups in total. The summed E-state index contributed by atoms with van der Waals surface area (Å²) in [7, 11) is 1.37. The van der Waals surface area contributed by atoms with E-state index in [1.165, 1.54) is 12.7 Å². The fourth-order valence-electron chi connectivity index (χ4n) is 2.93. The van der Waals surface area contributed by atoms with Crippen molar-refractivity contribution in [3.8, 4) is 0 Å². The van der Waals surface area contributed by atoms with Gasteiger partial charge in [-0.3, -0.25) is 4.79 Å². The van der Waals surface area contributed by atoms with Gasteiger partial charge in [0.05, 0.1) is 13.0 Å². The molecule has 1 aromatic rings. The maximum Gasteiger partial charge on any atom is 0.407 e. The molecule has 0 spiro atoms. The molecule has 0 bridgehead atoms. The second-order valence-electron chi connectivity index (χ2n) is 7.34. The van der Waals surface area contributed by atoms with E-state index in [1.54, 1.807) is 0 Å². The predicted molar refractivity (Wildman–Crippen MR) is 94.9 cm³/mol. The Labute approximate surface area is 149 Å². The van der Waals surface area contributed by atoms with Crippen LogP contribution in [0.2, 0.25) is 0 Å². The van der Waals surface area contributed by atoms with Gasteiger partial charge in [-0.1, -0.05) is 30.3 Å². The van der Waals surface area contributed by atoms with Gasteiger partial charge in [0.2, 0.25) is 0 Å². The van der Waals surface area contributed by atoms with Gasteiger partial charge < -0.3 is 20.1 Å². The van der Waals surface area contributed by atoms with Crippen LogP contribution in [-0.4, -0.2) is 37.4 Å². The molecule has 0 unspecified atom stereocenters. The van der Waals surface area contributed by atoms with E-state index in [9.17, 15) is 9.59 Å². The van der Waals surface area contributed by atoms with Crippen molar-refractivity contribution in [2.45, 2.75) is 45.4 Å². The fourth-order valence-corrected chi connectivity index (χ4v) is 2.93. The zero-order chi connectivity index (χ0) is 18.4. The number of rotatable bonds is 7. The Morgan fingerprint density at radius 1 is 1.16 bits per heavy atom. The minimum Gasteiger partial charge on any atom is -0.469 e. The van der Waals surface area contributed by atoms with Gasteiger partial charge in [0, 0.05) is 12.6 Å². The van der Waals surface area contributed by atoms with Gasteiger partial charge in [0.25, 0.3) is 0 Å². The largest absolute Gasteiger partial charge is 0.469 e. The van der Waals surface area contributed by atoms with Gasteiger partial charge in [-0.15, -0.1) is 0 Å². The first-order chi connectivity index (χ1) is 11.8. The van der Waals surface area contributed by atoms with Crippen molar-refractivity contribution in [2.75, 3.05) is 13.7 Å². The average Bonchev–Trinajstić information content (AvgIpc) is 3.22. The van der Waals surface area contributed by atoms with Crippen LogP contribution in [0.15, 0.2) is 30.3 Å². The third kappa shape index (κ3) is 6.05. The minimum absolute atomic E-state index is 0.0724. The molecule has 0 aliphatic heterocycles. The molecule has 1 aliphatic carbocycles. The van der Waals surface area contributed by atoms with E-state index in [1.807, 2.05) is 39.0 Å². The summed E-state index contributed by atoms with van der Waals surface area (Å²) in [6.45, 7) is 6.97. The standard InChI is InChI=1S/C19H28N2O4/c1-19(2,3)25-18(23)21-16-14(15(16)17(22)24-4)10-11-20-12-13-8-6-5-7-9-13/h5-9,14-16,20H,10-12H2,1-4H3,(H,21,23)/t14-,15-,16-/m1/s1. The smallest absolute Gasteiger partial charge is 0.407 e. The molecule has 1 aromatic carbocycles. The lowest BCUT2D eigenvalue weighted by molar-refractivity contribution is -0.142. The van der Waals surface area contributed by atoms with Crippen molar-refractivity contribution >= 4 is 12.1 Å². The Kier molecular flexibility index (Phi) is 6.42. The summed E-state index contributed by atoms with van der Waals surface area (Å²) in [5.74, 6) is -0.506. The lowest BCUT2D eigenvalue weighted by Gasteiger charge is -2.19. The number of carbonyl (C=O) groups is 2. The molecular weight excluding hydrogens is 320 g/mol. The van der Waals surface area contributed by atoms with E-state index in [-0.39, 0.29) is 23.8 Å². The third-order valence-electron chi connectivity index (χ3n) is 4.15. The summed E-state index contributed by atoms with van der Waals surface area (Å²) in [4.78, 5) is 23.8.